The van der Waals surface area contributed by atoms with Crippen molar-refractivity contribution in [3.63, 3.8) is 0 Å². The minimum atomic E-state index is 1.05. The fraction of sp³-hybridized carbons (Fsp3) is 0.250. The summed E-state index contributed by atoms with van der Waals surface area (Å²) in [7, 11) is 0. The highest BCUT2D eigenvalue weighted by atomic mass is 15.0. The molecule has 0 spiro atoms. The van der Waals surface area contributed by atoms with Crippen LogP contribution in [0.3, 0.4) is 0 Å². The number of unbranched alkanes of at least 4 members (excludes halogenated alkanes) is 2. The normalized spacial score (nSPS) is 15.3. The first-order valence-corrected chi connectivity index (χ1v) is 13.6. The third-order valence-corrected chi connectivity index (χ3v) is 7.54. The van der Waals surface area contributed by atoms with E-state index in [-0.39, 0.29) is 0 Å². The number of rotatable bonds is 8. The van der Waals surface area contributed by atoms with Crippen molar-refractivity contribution >= 4 is 22.7 Å². The van der Waals surface area contributed by atoms with Gasteiger partial charge in [0.1, 0.15) is 0 Å². The molecule has 3 aromatic rings. The van der Waals surface area contributed by atoms with Gasteiger partial charge in [0.2, 0.25) is 0 Å². The third kappa shape index (κ3) is 4.93. The molecule has 0 atom stereocenters. The highest BCUT2D eigenvalue weighted by molar-refractivity contribution is 6.06. The van der Waals surface area contributed by atoms with Crippen molar-refractivity contribution in [2.45, 2.75) is 59.8 Å². The van der Waals surface area contributed by atoms with E-state index in [0.717, 1.165) is 32.1 Å². The lowest BCUT2D eigenvalue weighted by molar-refractivity contribution is 0.858. The molecule has 5 rings (SSSR count). The van der Waals surface area contributed by atoms with Gasteiger partial charge in [-0.05, 0) is 117 Å². The van der Waals surface area contributed by atoms with Crippen LogP contribution in [0.5, 0.6) is 0 Å². The number of aromatic nitrogens is 1. The monoisotopic (exact) mass is 483 g/mol. The molecule has 186 valence electrons. The van der Waals surface area contributed by atoms with Crippen LogP contribution in [0.2, 0.25) is 0 Å². The van der Waals surface area contributed by atoms with Crippen LogP contribution in [0.4, 0.5) is 0 Å². The van der Waals surface area contributed by atoms with Gasteiger partial charge in [0.15, 0.2) is 0 Å². The molecule has 0 unspecified atom stereocenters. The number of allylic oxidation sites excluding steroid dienone is 10. The number of benzene rings is 2. The zero-order valence-electron chi connectivity index (χ0n) is 22.6. The number of hydrogen-bond acceptors (Lipinski definition) is 0. The summed E-state index contributed by atoms with van der Waals surface area (Å²) >= 11 is 0. The summed E-state index contributed by atoms with van der Waals surface area (Å²) in [5.74, 6) is 0. The van der Waals surface area contributed by atoms with Gasteiger partial charge in [-0.1, -0.05) is 66.8 Å². The topological polar surface area (TPSA) is 4.93 Å². The molecule has 2 aliphatic carbocycles. The van der Waals surface area contributed by atoms with E-state index < -0.39 is 0 Å². The summed E-state index contributed by atoms with van der Waals surface area (Å²) in [6.07, 6.45) is 25.7. The largest absolute Gasteiger partial charge is 0.313 e. The summed E-state index contributed by atoms with van der Waals surface area (Å²) in [6, 6.07) is 13.4. The fourth-order valence-electron chi connectivity index (χ4n) is 5.64. The molecule has 1 nitrogen and oxygen atoms in total. The highest BCUT2D eigenvalue weighted by Crippen LogP contribution is 2.42. The molecule has 1 aromatic heterocycles. The molecule has 37 heavy (non-hydrogen) atoms. The summed E-state index contributed by atoms with van der Waals surface area (Å²) < 4.78 is 2.54. The maximum atomic E-state index is 3.18. The number of aryl methyl sites for hydroxylation is 2. The van der Waals surface area contributed by atoms with Crippen molar-refractivity contribution in [2.75, 3.05) is 0 Å². The van der Waals surface area contributed by atoms with E-state index in [1.165, 1.54) is 61.3 Å². The van der Waals surface area contributed by atoms with Crippen LogP contribution >= 0.6 is 0 Å². The van der Waals surface area contributed by atoms with Gasteiger partial charge in [-0.3, -0.25) is 0 Å². The third-order valence-electron chi connectivity index (χ3n) is 7.54. The van der Waals surface area contributed by atoms with Crippen LogP contribution in [0.25, 0.3) is 33.8 Å². The van der Waals surface area contributed by atoms with Gasteiger partial charge in [0, 0.05) is 22.3 Å². The molecular formula is C36H37N. The number of hydrogen-bond donors (Lipinski definition) is 0. The van der Waals surface area contributed by atoms with Crippen LogP contribution in [-0.2, 0) is 6.42 Å². The smallest absolute Gasteiger partial charge is 0.0544 e. The maximum Gasteiger partial charge on any atom is 0.0544 e. The second kappa shape index (κ2) is 11.1. The summed E-state index contributed by atoms with van der Waals surface area (Å²) in [6.45, 7) is 8.74. The van der Waals surface area contributed by atoms with Gasteiger partial charge in [-0.25, -0.2) is 0 Å². The average Bonchev–Trinajstić information content (AvgIpc) is 3.46. The molecule has 0 saturated heterocycles. The van der Waals surface area contributed by atoms with Gasteiger partial charge in [-0.15, -0.1) is 5.73 Å². The van der Waals surface area contributed by atoms with Crippen LogP contribution in [0.15, 0.2) is 102 Å². The van der Waals surface area contributed by atoms with Gasteiger partial charge in [0.05, 0.1) is 5.52 Å². The van der Waals surface area contributed by atoms with Crippen LogP contribution < -0.4 is 0 Å². The Morgan fingerprint density at radius 3 is 2.65 bits per heavy atom. The molecule has 0 amide bonds. The number of nitrogens with zero attached hydrogens (tertiary/aromatic N) is 1. The number of fused-ring (bicyclic) bond motifs is 3. The molecule has 0 aliphatic heterocycles. The quantitative estimate of drug-likeness (QED) is 0.171. The maximum absolute atomic E-state index is 3.18. The SMILES string of the molecule is C/C=C\C(=C/CCC/C=C\C1=C(C)C=C=C1)n1c2c(c3c(-c4ccccc4C)c(C)ccc31)C=CCC2. The average molecular weight is 484 g/mol. The van der Waals surface area contributed by atoms with Gasteiger partial charge >= 0.3 is 0 Å². The molecule has 0 fully saturated rings. The first-order chi connectivity index (χ1) is 18.1. The zero-order valence-corrected chi connectivity index (χ0v) is 22.6. The van der Waals surface area contributed by atoms with Gasteiger partial charge in [-0.2, -0.15) is 0 Å². The van der Waals surface area contributed by atoms with E-state index >= 15 is 0 Å². The molecule has 0 bridgehead atoms. The Morgan fingerprint density at radius 1 is 1.00 bits per heavy atom. The first-order valence-electron chi connectivity index (χ1n) is 13.6. The predicted octanol–water partition coefficient (Wildman–Crippen LogP) is 10.1. The Labute approximate surface area is 222 Å². The summed E-state index contributed by atoms with van der Waals surface area (Å²) in [5, 5.41) is 1.39. The molecule has 0 N–H and O–H groups in total. The van der Waals surface area contributed by atoms with E-state index in [2.05, 4.69) is 129 Å². The lowest BCUT2D eigenvalue weighted by atomic mass is 9.90. The molecule has 0 saturated carbocycles. The van der Waals surface area contributed by atoms with E-state index in [0.29, 0.717) is 0 Å². The van der Waals surface area contributed by atoms with Gasteiger partial charge in [0.25, 0.3) is 0 Å². The Bertz CT molecular complexity index is 1550. The molecule has 2 aromatic carbocycles. The Kier molecular flexibility index (Phi) is 7.45. The van der Waals surface area contributed by atoms with E-state index in [4.69, 9.17) is 0 Å². The Morgan fingerprint density at radius 2 is 1.86 bits per heavy atom. The summed E-state index contributed by atoms with van der Waals surface area (Å²) in [5.41, 5.74) is 16.6. The lowest BCUT2D eigenvalue weighted by Gasteiger charge is -2.15. The minimum absolute atomic E-state index is 1.05. The fourth-order valence-corrected chi connectivity index (χ4v) is 5.64. The van der Waals surface area contributed by atoms with Gasteiger partial charge < -0.3 is 4.57 Å². The first kappa shape index (κ1) is 24.9. The minimum Gasteiger partial charge on any atom is -0.313 e. The lowest BCUT2D eigenvalue weighted by Crippen LogP contribution is -2.03. The van der Waals surface area contributed by atoms with Crippen molar-refractivity contribution in [1.82, 2.24) is 4.57 Å². The highest BCUT2D eigenvalue weighted by Gasteiger charge is 2.23. The molecule has 0 radical (unpaired) electrons. The van der Waals surface area contributed by atoms with Crippen molar-refractivity contribution in [3.8, 4) is 11.1 Å². The predicted molar refractivity (Wildman–Crippen MR) is 162 cm³/mol. The van der Waals surface area contributed by atoms with E-state index in [1.54, 1.807) is 0 Å². The molecule has 2 aliphatic rings. The van der Waals surface area contributed by atoms with Crippen molar-refractivity contribution in [1.29, 1.82) is 0 Å². The van der Waals surface area contributed by atoms with Crippen molar-refractivity contribution in [3.05, 3.63) is 124 Å². The molecule has 1 heteroatoms. The van der Waals surface area contributed by atoms with Crippen LogP contribution in [0, 0.1) is 13.8 Å². The molecule has 1 heterocycles. The van der Waals surface area contributed by atoms with Crippen LogP contribution in [0.1, 0.15) is 61.9 Å². The zero-order chi connectivity index (χ0) is 25.8. The second-order valence-electron chi connectivity index (χ2n) is 10.2. The van der Waals surface area contributed by atoms with Crippen LogP contribution in [-0.4, -0.2) is 4.57 Å². The van der Waals surface area contributed by atoms with E-state index in [9.17, 15) is 0 Å². The Balaban J connectivity index is 1.54. The Hall–Kier alpha value is -3.80. The second-order valence-corrected chi connectivity index (χ2v) is 10.2. The van der Waals surface area contributed by atoms with Crippen molar-refractivity contribution < 1.29 is 0 Å². The standard InChI is InChI=1S/C36H37N/c1-5-15-30(20-9-7-6-8-18-29-19-14-17-26(29)2)37-33-23-13-12-22-32(33)36-34(37)25-24-28(4)35(36)31-21-11-10-16-27(31)3/h5,8,10-12,15-22,24-25H,6-7,9,13,23H2,1-4H3/b15-5-,18-8-,30-20+. The molecular weight excluding hydrogens is 446 g/mol. The van der Waals surface area contributed by atoms with E-state index in [1.807, 2.05) is 0 Å². The summed E-state index contributed by atoms with van der Waals surface area (Å²) in [4.78, 5) is 0. The van der Waals surface area contributed by atoms with Crippen molar-refractivity contribution in [2.24, 2.45) is 0 Å².